The van der Waals surface area contributed by atoms with Crippen LogP contribution < -0.4 is 0 Å². The van der Waals surface area contributed by atoms with Crippen LogP contribution in [0.5, 0.6) is 0 Å². The van der Waals surface area contributed by atoms with Crippen LogP contribution in [0.2, 0.25) is 0 Å². The van der Waals surface area contributed by atoms with Crippen LogP contribution in [-0.4, -0.2) is 11.9 Å². The zero-order valence-electron chi connectivity index (χ0n) is 11.2. The second-order valence-corrected chi connectivity index (χ2v) is 6.72. The number of cyclic esters (lactones) is 2. The molecule has 1 heterocycles. The summed E-state index contributed by atoms with van der Waals surface area (Å²) < 4.78 is 5.17. The maximum Gasteiger partial charge on any atom is 0.321 e. The lowest BCUT2D eigenvalue weighted by Crippen LogP contribution is -2.54. The molecule has 2 saturated carbocycles. The summed E-state index contributed by atoms with van der Waals surface area (Å²) in [6, 6.07) is 0. The maximum atomic E-state index is 12.6. The molecule has 0 amide bonds. The van der Waals surface area contributed by atoms with Gasteiger partial charge in [-0.3, -0.25) is 9.59 Å². The molecule has 0 unspecified atom stereocenters. The van der Waals surface area contributed by atoms with E-state index in [0.717, 1.165) is 44.9 Å². The molecule has 1 saturated heterocycles. The number of allylic oxidation sites excluding steroid dienone is 2. The van der Waals surface area contributed by atoms with Crippen LogP contribution in [0.3, 0.4) is 0 Å². The van der Waals surface area contributed by atoms with Gasteiger partial charge in [-0.15, -0.1) is 0 Å². The third kappa shape index (κ3) is 1.20. The number of fused-ring (bicyclic) bond motifs is 1. The normalized spacial score (nSPS) is 44.8. The van der Waals surface area contributed by atoms with Gasteiger partial charge in [-0.1, -0.05) is 30.9 Å². The van der Waals surface area contributed by atoms with Crippen molar-refractivity contribution in [2.75, 3.05) is 0 Å². The molecule has 19 heavy (non-hydrogen) atoms. The molecular formula is C16H20O3. The molecule has 0 spiro atoms. The van der Waals surface area contributed by atoms with Crippen molar-refractivity contribution >= 4 is 11.9 Å². The minimum atomic E-state index is -0.506. The van der Waals surface area contributed by atoms with Crippen molar-refractivity contribution in [1.82, 2.24) is 0 Å². The monoisotopic (exact) mass is 260 g/mol. The molecule has 4 rings (SSSR count). The highest BCUT2D eigenvalue weighted by Crippen LogP contribution is 2.67. The maximum absolute atomic E-state index is 12.6. The van der Waals surface area contributed by atoms with Gasteiger partial charge in [0.25, 0.3) is 0 Å². The Morgan fingerprint density at radius 1 is 1.05 bits per heavy atom. The van der Waals surface area contributed by atoms with Gasteiger partial charge >= 0.3 is 11.9 Å². The van der Waals surface area contributed by atoms with Crippen LogP contribution in [0.4, 0.5) is 0 Å². The van der Waals surface area contributed by atoms with Crippen LogP contribution in [0.1, 0.15) is 57.8 Å². The zero-order chi connectivity index (χ0) is 13.1. The van der Waals surface area contributed by atoms with Crippen LogP contribution in [0.15, 0.2) is 11.6 Å². The first-order valence-electron chi connectivity index (χ1n) is 7.66. The van der Waals surface area contributed by atoms with Gasteiger partial charge in [-0.05, 0) is 44.4 Å². The van der Waals surface area contributed by atoms with Crippen molar-refractivity contribution in [1.29, 1.82) is 0 Å². The van der Waals surface area contributed by atoms with Gasteiger partial charge in [-0.25, -0.2) is 0 Å². The first kappa shape index (κ1) is 11.7. The molecule has 0 aromatic carbocycles. The Balaban J connectivity index is 1.91. The van der Waals surface area contributed by atoms with E-state index in [1.54, 1.807) is 0 Å². The fourth-order valence-electron chi connectivity index (χ4n) is 5.31. The molecule has 0 aromatic rings. The summed E-state index contributed by atoms with van der Waals surface area (Å²) in [4.78, 5) is 24.9. The van der Waals surface area contributed by atoms with E-state index in [0.29, 0.717) is 0 Å². The van der Waals surface area contributed by atoms with Crippen molar-refractivity contribution < 1.29 is 14.3 Å². The summed E-state index contributed by atoms with van der Waals surface area (Å²) >= 11 is 0. The standard InChI is InChI=1S/C16H20O3/c17-13-15-8-3-4-9-16(15,14(18)19-13)12-6-2-1-5-11(12)7-10-15/h7,12H,1-6,8-10H2/t12-,15-,16-/m1/s1. The van der Waals surface area contributed by atoms with Gasteiger partial charge in [-0.2, -0.15) is 0 Å². The molecule has 4 aliphatic rings. The van der Waals surface area contributed by atoms with Crippen LogP contribution in [0.25, 0.3) is 0 Å². The molecule has 1 aliphatic heterocycles. The Hall–Kier alpha value is -1.12. The first-order valence-corrected chi connectivity index (χ1v) is 7.66. The van der Waals surface area contributed by atoms with E-state index in [-0.39, 0.29) is 17.9 Å². The number of hydrogen-bond acceptors (Lipinski definition) is 3. The topological polar surface area (TPSA) is 43.4 Å². The average Bonchev–Trinajstić information content (AvgIpc) is 2.69. The first-order chi connectivity index (χ1) is 9.21. The quantitative estimate of drug-likeness (QED) is 0.382. The van der Waals surface area contributed by atoms with Crippen molar-refractivity contribution in [3.63, 3.8) is 0 Å². The van der Waals surface area contributed by atoms with Crippen LogP contribution in [-0.2, 0) is 14.3 Å². The van der Waals surface area contributed by atoms with Gasteiger partial charge in [0.05, 0.1) is 10.8 Å². The molecule has 0 aromatic heterocycles. The van der Waals surface area contributed by atoms with E-state index in [9.17, 15) is 9.59 Å². The summed E-state index contributed by atoms with van der Waals surface area (Å²) in [6.07, 6.45) is 11.4. The summed E-state index contributed by atoms with van der Waals surface area (Å²) in [5.41, 5.74) is 0.441. The SMILES string of the molecule is O=C1OC(=O)[C@]23CCCC[C@@]12CC=C1CCCC[C@H]13. The third-order valence-corrected chi connectivity index (χ3v) is 6.18. The number of esters is 2. The lowest BCUT2D eigenvalue weighted by Gasteiger charge is -2.52. The highest BCUT2D eigenvalue weighted by atomic mass is 16.6. The second kappa shape index (κ2) is 3.71. The molecular weight excluding hydrogens is 240 g/mol. The van der Waals surface area contributed by atoms with Gasteiger partial charge < -0.3 is 4.74 Å². The lowest BCUT2D eigenvalue weighted by molar-refractivity contribution is -0.156. The van der Waals surface area contributed by atoms with E-state index in [1.807, 2.05) is 0 Å². The Bertz CT molecular complexity index is 492. The predicted molar refractivity (Wildman–Crippen MR) is 69.1 cm³/mol. The predicted octanol–water partition coefficient (Wildman–Crippen LogP) is 3.14. The number of ether oxygens (including phenoxy) is 1. The Morgan fingerprint density at radius 2 is 1.89 bits per heavy atom. The van der Waals surface area contributed by atoms with Gasteiger partial charge in [0.2, 0.25) is 0 Å². The number of carbonyl (C=O) groups excluding carboxylic acids is 2. The van der Waals surface area contributed by atoms with Crippen molar-refractivity contribution in [2.45, 2.75) is 57.8 Å². The zero-order valence-corrected chi connectivity index (χ0v) is 11.2. The Labute approximate surface area is 113 Å². The molecule has 0 radical (unpaired) electrons. The van der Waals surface area contributed by atoms with E-state index >= 15 is 0 Å². The van der Waals surface area contributed by atoms with Gasteiger partial charge in [0, 0.05) is 0 Å². The third-order valence-electron chi connectivity index (χ3n) is 6.18. The molecule has 102 valence electrons. The number of hydrogen-bond donors (Lipinski definition) is 0. The molecule has 0 bridgehead atoms. The minimum absolute atomic E-state index is 0.199. The van der Waals surface area contributed by atoms with E-state index in [2.05, 4.69) is 6.08 Å². The van der Waals surface area contributed by atoms with Crippen molar-refractivity contribution in [2.24, 2.45) is 16.7 Å². The largest absolute Gasteiger partial charge is 0.392 e. The molecule has 3 heteroatoms. The van der Waals surface area contributed by atoms with Crippen LogP contribution >= 0.6 is 0 Å². The summed E-state index contributed by atoms with van der Waals surface area (Å²) in [7, 11) is 0. The minimum Gasteiger partial charge on any atom is -0.392 e. The molecule has 3 nitrogen and oxygen atoms in total. The summed E-state index contributed by atoms with van der Waals surface area (Å²) in [5, 5.41) is 0. The van der Waals surface area contributed by atoms with Gasteiger partial charge in [0.15, 0.2) is 0 Å². The van der Waals surface area contributed by atoms with Crippen LogP contribution in [0, 0.1) is 16.7 Å². The van der Waals surface area contributed by atoms with Crippen molar-refractivity contribution in [3.8, 4) is 0 Å². The Kier molecular flexibility index (Phi) is 2.28. The highest BCUT2D eigenvalue weighted by molar-refractivity contribution is 6.03. The fourth-order valence-corrected chi connectivity index (χ4v) is 5.31. The molecule has 3 fully saturated rings. The number of rotatable bonds is 0. The average molecular weight is 260 g/mol. The van der Waals surface area contributed by atoms with E-state index < -0.39 is 10.8 Å². The summed E-state index contributed by atoms with van der Waals surface area (Å²) in [5.74, 6) is -0.137. The lowest BCUT2D eigenvalue weighted by atomic mass is 9.46. The number of carbonyl (C=O) groups is 2. The second-order valence-electron chi connectivity index (χ2n) is 6.72. The Morgan fingerprint density at radius 3 is 2.79 bits per heavy atom. The molecule has 3 aliphatic carbocycles. The van der Waals surface area contributed by atoms with E-state index in [1.165, 1.54) is 18.4 Å². The fraction of sp³-hybridized carbons (Fsp3) is 0.750. The smallest absolute Gasteiger partial charge is 0.321 e. The highest BCUT2D eigenvalue weighted by Gasteiger charge is 2.72. The van der Waals surface area contributed by atoms with Crippen molar-refractivity contribution in [3.05, 3.63) is 11.6 Å². The molecule has 3 atom stereocenters. The van der Waals surface area contributed by atoms with E-state index in [4.69, 9.17) is 4.74 Å². The molecule has 0 N–H and O–H groups in total. The van der Waals surface area contributed by atoms with Gasteiger partial charge in [0.1, 0.15) is 0 Å². The summed E-state index contributed by atoms with van der Waals surface area (Å²) in [6.45, 7) is 0.